The molecule has 0 bridgehead atoms. The highest BCUT2D eigenvalue weighted by atomic mass is 79.9. The number of aromatic nitrogens is 2. The Hall–Kier alpha value is -3.60. The zero-order chi connectivity index (χ0) is 35.0. The number of hydrogen-bond donors (Lipinski definition) is 3. The molecule has 6 aromatic rings. The van der Waals surface area contributed by atoms with Crippen LogP contribution in [0.5, 0.6) is 0 Å². The molecule has 0 unspecified atom stereocenters. The smallest absolute Gasteiger partial charge is 0.261 e. The molecule has 6 nitrogen and oxygen atoms in total. The van der Waals surface area contributed by atoms with Crippen molar-refractivity contribution >= 4 is 72.4 Å². The van der Waals surface area contributed by atoms with Crippen molar-refractivity contribution in [3.63, 3.8) is 0 Å². The molecule has 0 saturated heterocycles. The molecule has 0 spiro atoms. The van der Waals surface area contributed by atoms with Gasteiger partial charge in [0.25, 0.3) is 8.32 Å². The van der Waals surface area contributed by atoms with Gasteiger partial charge in [0, 0.05) is 56.1 Å². The van der Waals surface area contributed by atoms with E-state index in [4.69, 9.17) is 9.53 Å². The zero-order valence-corrected chi connectivity index (χ0v) is 32.2. The van der Waals surface area contributed by atoms with Crippen LogP contribution in [-0.4, -0.2) is 36.6 Å². The van der Waals surface area contributed by atoms with Crippen LogP contribution in [0.15, 0.2) is 128 Å². The van der Waals surface area contributed by atoms with Crippen molar-refractivity contribution in [1.82, 2.24) is 9.97 Å². The molecule has 0 aliphatic heterocycles. The minimum atomic E-state index is -2.54. The first-order valence-electron chi connectivity index (χ1n) is 16.5. The standard InChI is InChI=1S/C28H30BrNO2Si.C12H12BrNO2/c1-28(2,3)33(23-12-6-4-7-13-23,24-14-8-5-9-15-24)32-18-10-11-21-19-27(31)30-26-17-16-22(29)20-25(21)26;13-9-3-4-11-10(7-9)8(2-1-5-15)6-12(16)14-11/h4-9,12-17,19-20H,10-11,18H2,1-3H3,(H,30,31);3-4,6-7,15H,1-2,5H2,(H,14,16). The number of hydrogen-bond acceptors (Lipinski definition) is 4. The maximum atomic E-state index is 12.2. The lowest BCUT2D eigenvalue weighted by Crippen LogP contribution is -2.66. The molecule has 9 heteroatoms. The van der Waals surface area contributed by atoms with E-state index in [0.29, 0.717) is 19.4 Å². The summed E-state index contributed by atoms with van der Waals surface area (Å²) in [5.41, 5.74) is 3.59. The molecule has 254 valence electrons. The zero-order valence-electron chi connectivity index (χ0n) is 28.1. The first-order chi connectivity index (χ1) is 23.5. The monoisotopic (exact) mass is 800 g/mol. The van der Waals surface area contributed by atoms with Crippen molar-refractivity contribution < 1.29 is 9.53 Å². The molecule has 0 aliphatic carbocycles. The summed E-state index contributed by atoms with van der Waals surface area (Å²) in [4.78, 5) is 29.3. The minimum absolute atomic E-state index is 0.0445. The van der Waals surface area contributed by atoms with Crippen molar-refractivity contribution in [1.29, 1.82) is 0 Å². The molecule has 0 saturated carbocycles. The molecule has 0 radical (unpaired) electrons. The van der Waals surface area contributed by atoms with Gasteiger partial charge in [0.15, 0.2) is 0 Å². The molecule has 2 heterocycles. The number of aliphatic hydroxyl groups is 1. The maximum absolute atomic E-state index is 12.2. The van der Waals surface area contributed by atoms with Gasteiger partial charge in [-0.25, -0.2) is 0 Å². The third-order valence-corrected chi connectivity index (χ3v) is 14.7. The maximum Gasteiger partial charge on any atom is 0.261 e. The second-order valence-electron chi connectivity index (χ2n) is 13.1. The van der Waals surface area contributed by atoms with Crippen LogP contribution in [0.4, 0.5) is 0 Å². The van der Waals surface area contributed by atoms with Crippen LogP contribution in [0.1, 0.15) is 44.7 Å². The van der Waals surface area contributed by atoms with Crippen molar-refractivity contribution in [3.05, 3.63) is 150 Å². The number of nitrogens with one attached hydrogen (secondary N) is 2. The summed E-state index contributed by atoms with van der Waals surface area (Å²) in [6, 6.07) is 36.5. The number of halogens is 2. The largest absolute Gasteiger partial charge is 0.407 e. The molecule has 0 amide bonds. The van der Waals surface area contributed by atoms with E-state index in [9.17, 15) is 9.59 Å². The van der Waals surface area contributed by atoms with Gasteiger partial charge < -0.3 is 19.5 Å². The van der Waals surface area contributed by atoms with E-state index in [1.54, 1.807) is 12.1 Å². The fourth-order valence-corrected chi connectivity index (χ4v) is 11.9. The summed E-state index contributed by atoms with van der Waals surface area (Å²) in [5.74, 6) is 0. The van der Waals surface area contributed by atoms with Crippen molar-refractivity contribution in [2.24, 2.45) is 0 Å². The van der Waals surface area contributed by atoms with E-state index in [2.05, 4.69) is 129 Å². The molecule has 2 aromatic heterocycles. The molecule has 0 fully saturated rings. The van der Waals surface area contributed by atoms with Crippen molar-refractivity contribution in [2.45, 2.75) is 51.5 Å². The van der Waals surface area contributed by atoms with E-state index in [1.165, 1.54) is 10.4 Å². The number of pyridine rings is 2. The number of aromatic amines is 2. The Morgan fingerprint density at radius 3 is 1.53 bits per heavy atom. The summed E-state index contributed by atoms with van der Waals surface area (Å²) >= 11 is 6.97. The molecule has 0 atom stereocenters. The Kier molecular flexibility index (Phi) is 12.3. The van der Waals surface area contributed by atoms with Crippen molar-refractivity contribution in [2.75, 3.05) is 13.2 Å². The SMILES string of the molecule is CC(C)(C)[Si](OCCCc1cc(=O)[nH]c2ccc(Br)cc12)(c1ccccc1)c1ccccc1.O=c1cc(CCCO)c2cc(Br)ccc2[nH]1. The number of aliphatic hydroxyl groups excluding tert-OH is 1. The highest BCUT2D eigenvalue weighted by molar-refractivity contribution is 9.10. The van der Waals surface area contributed by atoms with Crippen molar-refractivity contribution in [3.8, 4) is 0 Å². The van der Waals surface area contributed by atoms with E-state index in [-0.39, 0.29) is 22.8 Å². The van der Waals surface area contributed by atoms with Crippen LogP contribution >= 0.6 is 31.9 Å². The van der Waals surface area contributed by atoms with Crippen LogP contribution in [0.25, 0.3) is 21.8 Å². The predicted molar refractivity (Wildman–Crippen MR) is 212 cm³/mol. The Labute approximate surface area is 305 Å². The van der Waals surface area contributed by atoms with E-state index in [1.807, 2.05) is 30.3 Å². The second kappa shape index (κ2) is 16.4. The van der Waals surface area contributed by atoms with Gasteiger partial charge in [-0.3, -0.25) is 9.59 Å². The molecule has 6 rings (SSSR count). The van der Waals surface area contributed by atoms with Gasteiger partial charge in [-0.05, 0) is 88.6 Å². The molecular formula is C40H42Br2N2O4Si. The summed E-state index contributed by atoms with van der Waals surface area (Å²) in [6.45, 7) is 7.65. The lowest BCUT2D eigenvalue weighted by molar-refractivity contribution is 0.288. The van der Waals surface area contributed by atoms with Gasteiger partial charge >= 0.3 is 0 Å². The number of fused-ring (bicyclic) bond motifs is 2. The number of aryl methyl sites for hydroxylation is 2. The van der Waals surface area contributed by atoms with Gasteiger partial charge in [-0.2, -0.15) is 0 Å². The Bertz CT molecular complexity index is 2090. The topological polar surface area (TPSA) is 95.2 Å². The molecule has 4 aromatic carbocycles. The first-order valence-corrected chi connectivity index (χ1v) is 20.0. The number of rotatable bonds is 10. The van der Waals surface area contributed by atoms with Gasteiger partial charge in [0.05, 0.1) is 0 Å². The van der Waals surface area contributed by atoms with Gasteiger partial charge in [-0.1, -0.05) is 113 Å². The molecular weight excluding hydrogens is 760 g/mol. The number of H-pyrrole nitrogens is 2. The Morgan fingerprint density at radius 2 is 1.10 bits per heavy atom. The lowest BCUT2D eigenvalue weighted by atomic mass is 10.1. The first kappa shape index (κ1) is 36.7. The van der Waals surface area contributed by atoms with Crippen LogP contribution < -0.4 is 21.5 Å². The summed E-state index contributed by atoms with van der Waals surface area (Å²) < 4.78 is 8.99. The van der Waals surface area contributed by atoms with Crippen LogP contribution in [0, 0.1) is 0 Å². The Balaban J connectivity index is 0.000000244. The van der Waals surface area contributed by atoms with E-state index >= 15 is 0 Å². The highest BCUT2D eigenvalue weighted by Crippen LogP contribution is 2.37. The second-order valence-corrected chi connectivity index (χ2v) is 19.3. The fourth-order valence-electron chi connectivity index (χ4n) is 6.52. The number of benzene rings is 4. The lowest BCUT2D eigenvalue weighted by Gasteiger charge is -2.43. The van der Waals surface area contributed by atoms with E-state index in [0.717, 1.165) is 54.7 Å². The fraction of sp³-hybridized carbons (Fsp3) is 0.250. The Morgan fingerprint density at radius 1 is 0.653 bits per heavy atom. The summed E-state index contributed by atoms with van der Waals surface area (Å²) in [7, 11) is -2.54. The summed E-state index contributed by atoms with van der Waals surface area (Å²) in [6.07, 6.45) is 3.02. The molecule has 0 aliphatic rings. The van der Waals surface area contributed by atoms with Gasteiger partial charge in [-0.15, -0.1) is 0 Å². The third kappa shape index (κ3) is 8.77. The predicted octanol–water partition coefficient (Wildman–Crippen LogP) is 8.02. The highest BCUT2D eigenvalue weighted by Gasteiger charge is 2.49. The minimum Gasteiger partial charge on any atom is -0.407 e. The average molecular weight is 803 g/mol. The molecule has 49 heavy (non-hydrogen) atoms. The van der Waals surface area contributed by atoms with Gasteiger partial charge in [0.2, 0.25) is 11.1 Å². The van der Waals surface area contributed by atoms with E-state index < -0.39 is 8.32 Å². The van der Waals surface area contributed by atoms with Crippen LogP contribution in [0.2, 0.25) is 5.04 Å². The third-order valence-electron chi connectivity index (χ3n) is 8.71. The molecule has 3 N–H and O–H groups in total. The van der Waals surface area contributed by atoms with Gasteiger partial charge in [0.1, 0.15) is 0 Å². The van der Waals surface area contributed by atoms with Crippen LogP contribution in [0.3, 0.4) is 0 Å². The average Bonchev–Trinajstić information content (AvgIpc) is 3.08. The van der Waals surface area contributed by atoms with Crippen LogP contribution in [-0.2, 0) is 17.3 Å². The summed E-state index contributed by atoms with van der Waals surface area (Å²) in [5, 5.41) is 13.5. The normalized spacial score (nSPS) is 11.8. The quantitative estimate of drug-likeness (QED) is 0.0967.